The summed E-state index contributed by atoms with van der Waals surface area (Å²) in [6.45, 7) is 1.97. The summed E-state index contributed by atoms with van der Waals surface area (Å²) in [4.78, 5) is 20.4. The lowest BCUT2D eigenvalue weighted by molar-refractivity contribution is -0.134. The molecule has 1 unspecified atom stereocenters. The number of aryl methyl sites for hydroxylation is 1. The maximum atomic E-state index is 12.9. The normalized spacial score (nSPS) is 16.9. The van der Waals surface area contributed by atoms with Crippen LogP contribution in [0.2, 0.25) is 0 Å². The lowest BCUT2D eigenvalue weighted by Crippen LogP contribution is -2.50. The van der Waals surface area contributed by atoms with Crippen LogP contribution >= 0.6 is 0 Å². The Balaban J connectivity index is 1.55. The van der Waals surface area contributed by atoms with E-state index in [1.807, 2.05) is 36.1 Å². The minimum atomic E-state index is -2.59. The van der Waals surface area contributed by atoms with Gasteiger partial charge in [0.05, 0.1) is 6.54 Å². The number of aromatic nitrogens is 2. The first-order valence-corrected chi connectivity index (χ1v) is 8.59. The van der Waals surface area contributed by atoms with E-state index in [4.69, 9.17) is 5.73 Å². The molecule has 2 aromatic rings. The number of benzene rings is 1. The lowest BCUT2D eigenvalue weighted by atomic mass is 10.0. The number of nitrogens with zero attached hydrogens (tertiary/aromatic N) is 4. The molecule has 1 atom stereocenters. The third-order valence-electron chi connectivity index (χ3n) is 4.71. The summed E-state index contributed by atoms with van der Waals surface area (Å²) in [6, 6.07) is 6.94. The van der Waals surface area contributed by atoms with E-state index in [-0.39, 0.29) is 5.91 Å². The molecular formula is C18H23F2N5O. The van der Waals surface area contributed by atoms with Crippen molar-refractivity contribution in [2.75, 3.05) is 26.2 Å². The summed E-state index contributed by atoms with van der Waals surface area (Å²) in [6.07, 6.45) is 2.65. The molecule has 8 heteroatoms. The molecule has 1 aliphatic rings. The predicted molar refractivity (Wildman–Crippen MR) is 93.4 cm³/mol. The maximum Gasteiger partial charge on any atom is 0.319 e. The van der Waals surface area contributed by atoms with Crippen LogP contribution in [0.5, 0.6) is 0 Å². The molecule has 2 N–H and O–H groups in total. The number of amides is 1. The number of piperazine rings is 1. The highest BCUT2D eigenvalue weighted by molar-refractivity contribution is 5.83. The molecule has 1 fully saturated rings. The van der Waals surface area contributed by atoms with E-state index < -0.39 is 12.6 Å². The van der Waals surface area contributed by atoms with E-state index in [2.05, 4.69) is 4.98 Å². The van der Waals surface area contributed by atoms with Gasteiger partial charge in [-0.05, 0) is 12.5 Å². The number of alkyl halides is 2. The Bertz CT molecular complexity index is 738. The van der Waals surface area contributed by atoms with Crippen LogP contribution in [0, 0.1) is 6.92 Å². The van der Waals surface area contributed by atoms with Crippen LogP contribution in [0.4, 0.5) is 8.78 Å². The molecule has 2 heterocycles. The van der Waals surface area contributed by atoms with Crippen LogP contribution in [0.15, 0.2) is 36.7 Å². The van der Waals surface area contributed by atoms with Gasteiger partial charge in [-0.1, -0.05) is 29.8 Å². The zero-order valence-corrected chi connectivity index (χ0v) is 14.7. The van der Waals surface area contributed by atoms with Crippen molar-refractivity contribution in [3.8, 4) is 0 Å². The first kappa shape index (κ1) is 18.5. The average Bonchev–Trinajstić information content (AvgIpc) is 3.10. The van der Waals surface area contributed by atoms with Gasteiger partial charge in [-0.3, -0.25) is 14.3 Å². The van der Waals surface area contributed by atoms with Crippen molar-refractivity contribution in [1.29, 1.82) is 0 Å². The third-order valence-corrected chi connectivity index (χ3v) is 4.71. The molecule has 0 saturated carbocycles. The van der Waals surface area contributed by atoms with Crippen molar-refractivity contribution in [1.82, 2.24) is 19.4 Å². The summed E-state index contributed by atoms with van der Waals surface area (Å²) in [5.74, 6) is 0.221. The number of hydrogen-bond acceptors (Lipinski definition) is 4. The molecule has 140 valence electrons. The van der Waals surface area contributed by atoms with Crippen LogP contribution < -0.4 is 5.73 Å². The highest BCUT2D eigenvalue weighted by atomic mass is 19.3. The topological polar surface area (TPSA) is 67.4 Å². The Hall–Kier alpha value is -2.32. The van der Waals surface area contributed by atoms with Crippen LogP contribution in [-0.2, 0) is 11.3 Å². The molecule has 0 spiro atoms. The van der Waals surface area contributed by atoms with Gasteiger partial charge in [0.2, 0.25) is 5.91 Å². The molecule has 0 bridgehead atoms. The third kappa shape index (κ3) is 4.08. The van der Waals surface area contributed by atoms with E-state index >= 15 is 0 Å². The number of carbonyl (C=O) groups excluding carboxylic acids is 1. The quantitative estimate of drug-likeness (QED) is 0.882. The molecule has 0 aliphatic carbocycles. The van der Waals surface area contributed by atoms with Crippen molar-refractivity contribution >= 4 is 5.91 Å². The fourth-order valence-corrected chi connectivity index (χ4v) is 3.08. The van der Waals surface area contributed by atoms with Gasteiger partial charge in [-0.25, -0.2) is 4.98 Å². The number of halogens is 2. The molecule has 1 aromatic heterocycles. The zero-order valence-electron chi connectivity index (χ0n) is 14.7. The number of hydrogen-bond donors (Lipinski definition) is 1. The Kier molecular flexibility index (Phi) is 5.63. The standard InChI is InChI=1S/C18H23F2N5O/c1-13-2-4-14(5-3-13)16(21)17(26)24-10-8-23(9-11-24)12-15-22-6-7-25(15)18(19)20/h2-7,16,18H,8-12,21H2,1H3. The van der Waals surface area contributed by atoms with Crippen molar-refractivity contribution in [3.05, 3.63) is 53.6 Å². The smallest absolute Gasteiger partial charge is 0.319 e. The van der Waals surface area contributed by atoms with Crippen LogP contribution in [0.25, 0.3) is 0 Å². The minimum absolute atomic E-state index is 0.109. The van der Waals surface area contributed by atoms with Crippen LogP contribution in [-0.4, -0.2) is 51.4 Å². The minimum Gasteiger partial charge on any atom is -0.338 e. The second kappa shape index (κ2) is 7.92. The van der Waals surface area contributed by atoms with E-state index in [0.717, 1.165) is 15.7 Å². The molecule has 6 nitrogen and oxygen atoms in total. The fourth-order valence-electron chi connectivity index (χ4n) is 3.08. The number of nitrogens with two attached hydrogens (primary N) is 1. The largest absolute Gasteiger partial charge is 0.338 e. The summed E-state index contributed by atoms with van der Waals surface area (Å²) < 4.78 is 26.7. The first-order valence-electron chi connectivity index (χ1n) is 8.59. The number of carbonyl (C=O) groups is 1. The van der Waals surface area contributed by atoms with Gasteiger partial charge >= 0.3 is 6.55 Å². The molecule has 0 radical (unpaired) electrons. The van der Waals surface area contributed by atoms with Crippen molar-refractivity contribution < 1.29 is 13.6 Å². The molecule has 1 amide bonds. The van der Waals surface area contributed by atoms with Gasteiger partial charge in [0.1, 0.15) is 11.9 Å². The Labute approximate surface area is 151 Å². The van der Waals surface area contributed by atoms with E-state index in [0.29, 0.717) is 38.5 Å². The number of rotatable bonds is 5. The molecule has 3 rings (SSSR count). The highest BCUT2D eigenvalue weighted by Gasteiger charge is 2.27. The van der Waals surface area contributed by atoms with Crippen molar-refractivity contribution in [2.45, 2.75) is 26.1 Å². The van der Waals surface area contributed by atoms with Crippen molar-refractivity contribution in [2.24, 2.45) is 5.73 Å². The zero-order chi connectivity index (χ0) is 18.7. The highest BCUT2D eigenvalue weighted by Crippen LogP contribution is 2.18. The van der Waals surface area contributed by atoms with Crippen LogP contribution in [0.3, 0.4) is 0 Å². The van der Waals surface area contributed by atoms with E-state index in [1.54, 1.807) is 4.90 Å². The second-order valence-corrected chi connectivity index (χ2v) is 6.52. The Morgan fingerprint density at radius 1 is 1.19 bits per heavy atom. The van der Waals surface area contributed by atoms with Gasteiger partial charge in [0.25, 0.3) is 0 Å². The SMILES string of the molecule is Cc1ccc(C(N)C(=O)N2CCN(Cc3nccn3C(F)F)CC2)cc1. The molecule has 1 aliphatic heterocycles. The van der Waals surface area contributed by atoms with E-state index in [1.165, 1.54) is 12.4 Å². The summed E-state index contributed by atoms with van der Waals surface area (Å²) in [5, 5.41) is 0. The molecule has 1 aromatic carbocycles. The van der Waals surface area contributed by atoms with Crippen LogP contribution in [0.1, 0.15) is 29.5 Å². The van der Waals surface area contributed by atoms with Gasteiger partial charge < -0.3 is 10.6 Å². The second-order valence-electron chi connectivity index (χ2n) is 6.52. The summed E-state index contributed by atoms with van der Waals surface area (Å²) >= 11 is 0. The fraction of sp³-hybridized carbons (Fsp3) is 0.444. The maximum absolute atomic E-state index is 12.9. The average molecular weight is 363 g/mol. The summed E-state index contributed by atoms with van der Waals surface area (Å²) in [7, 11) is 0. The molecule has 1 saturated heterocycles. The summed E-state index contributed by atoms with van der Waals surface area (Å²) in [5.41, 5.74) is 8.02. The van der Waals surface area contributed by atoms with Gasteiger partial charge in [0, 0.05) is 38.6 Å². The number of imidazole rings is 1. The lowest BCUT2D eigenvalue weighted by Gasteiger charge is -2.35. The van der Waals surface area contributed by atoms with E-state index in [9.17, 15) is 13.6 Å². The van der Waals surface area contributed by atoms with Gasteiger partial charge in [0.15, 0.2) is 0 Å². The van der Waals surface area contributed by atoms with Gasteiger partial charge in [-0.2, -0.15) is 8.78 Å². The Morgan fingerprint density at radius 2 is 1.85 bits per heavy atom. The predicted octanol–water partition coefficient (Wildman–Crippen LogP) is 1.93. The van der Waals surface area contributed by atoms with Gasteiger partial charge in [-0.15, -0.1) is 0 Å². The van der Waals surface area contributed by atoms with Crippen molar-refractivity contribution in [3.63, 3.8) is 0 Å². The Morgan fingerprint density at radius 3 is 2.46 bits per heavy atom. The molecule has 26 heavy (non-hydrogen) atoms. The monoisotopic (exact) mass is 363 g/mol. The first-order chi connectivity index (χ1) is 12.5. The molecular weight excluding hydrogens is 340 g/mol.